The number of carbonyl (C=O) groups excluding carboxylic acids is 3. The molecule has 1 aliphatic heterocycles. The molecular formula is C20H16F3N3O6. The highest BCUT2D eigenvalue weighted by molar-refractivity contribution is 6.00. The van der Waals surface area contributed by atoms with Crippen LogP contribution in [0.5, 0.6) is 0 Å². The summed E-state index contributed by atoms with van der Waals surface area (Å²) in [5, 5.41) is 12.8. The number of nitrogens with zero attached hydrogens (tertiary/aromatic N) is 2. The number of esters is 1. The van der Waals surface area contributed by atoms with Gasteiger partial charge in [-0.25, -0.2) is 0 Å². The number of halogens is 3. The van der Waals surface area contributed by atoms with Crippen LogP contribution in [0.1, 0.15) is 12.0 Å². The molecule has 0 aromatic heterocycles. The SMILES string of the molecule is O=C(COC(=O)[C@H]1CC(=O)N(c2ccc([N+](=O)[O-])cc2)C1)Nc1ccccc1C(F)(F)F. The molecule has 0 spiro atoms. The van der Waals surface area contributed by atoms with Crippen LogP contribution in [0.4, 0.5) is 30.2 Å². The number of alkyl halides is 3. The molecule has 0 radical (unpaired) electrons. The number of hydrogen-bond donors (Lipinski definition) is 1. The molecule has 1 atom stereocenters. The summed E-state index contributed by atoms with van der Waals surface area (Å²) in [5.74, 6) is -3.13. The Bertz CT molecular complexity index is 1060. The lowest BCUT2D eigenvalue weighted by Crippen LogP contribution is -2.28. The van der Waals surface area contributed by atoms with Crippen molar-refractivity contribution >= 4 is 34.8 Å². The van der Waals surface area contributed by atoms with Gasteiger partial charge in [-0.1, -0.05) is 12.1 Å². The van der Waals surface area contributed by atoms with Gasteiger partial charge in [0.25, 0.3) is 11.6 Å². The van der Waals surface area contributed by atoms with Gasteiger partial charge in [0.15, 0.2) is 6.61 Å². The predicted molar refractivity (Wildman–Crippen MR) is 105 cm³/mol. The minimum absolute atomic E-state index is 0.0615. The van der Waals surface area contributed by atoms with E-state index in [-0.39, 0.29) is 18.7 Å². The fourth-order valence-corrected chi connectivity index (χ4v) is 3.15. The van der Waals surface area contributed by atoms with Crippen molar-refractivity contribution in [3.63, 3.8) is 0 Å². The Balaban J connectivity index is 1.56. The Labute approximate surface area is 178 Å². The van der Waals surface area contributed by atoms with E-state index in [9.17, 15) is 37.7 Å². The number of anilines is 2. The molecule has 32 heavy (non-hydrogen) atoms. The van der Waals surface area contributed by atoms with E-state index in [0.29, 0.717) is 5.69 Å². The minimum atomic E-state index is -4.67. The average molecular weight is 451 g/mol. The fourth-order valence-electron chi connectivity index (χ4n) is 3.15. The largest absolute Gasteiger partial charge is 0.455 e. The quantitative estimate of drug-likeness (QED) is 0.410. The van der Waals surface area contributed by atoms with Gasteiger partial charge in [-0.15, -0.1) is 0 Å². The second-order valence-corrected chi connectivity index (χ2v) is 6.88. The molecule has 0 saturated carbocycles. The van der Waals surface area contributed by atoms with Crippen LogP contribution in [0.3, 0.4) is 0 Å². The molecule has 9 nitrogen and oxygen atoms in total. The van der Waals surface area contributed by atoms with Gasteiger partial charge >= 0.3 is 12.1 Å². The number of hydrogen-bond acceptors (Lipinski definition) is 6. The van der Waals surface area contributed by atoms with E-state index < -0.39 is 52.7 Å². The van der Waals surface area contributed by atoms with Crippen LogP contribution in [0.25, 0.3) is 0 Å². The topological polar surface area (TPSA) is 119 Å². The number of carbonyl (C=O) groups is 3. The molecule has 0 aliphatic carbocycles. The van der Waals surface area contributed by atoms with E-state index in [2.05, 4.69) is 5.32 Å². The van der Waals surface area contributed by atoms with Gasteiger partial charge in [-0.2, -0.15) is 13.2 Å². The van der Waals surface area contributed by atoms with E-state index in [1.165, 1.54) is 41.3 Å². The van der Waals surface area contributed by atoms with E-state index >= 15 is 0 Å². The van der Waals surface area contributed by atoms with Crippen molar-refractivity contribution in [2.75, 3.05) is 23.4 Å². The number of non-ortho nitro benzene ring substituents is 1. The van der Waals surface area contributed by atoms with Crippen molar-refractivity contribution in [2.45, 2.75) is 12.6 Å². The van der Waals surface area contributed by atoms with Gasteiger partial charge in [-0.3, -0.25) is 24.5 Å². The molecule has 0 unspecified atom stereocenters. The molecule has 1 saturated heterocycles. The van der Waals surface area contributed by atoms with Gasteiger partial charge in [0.1, 0.15) is 0 Å². The van der Waals surface area contributed by atoms with Crippen molar-refractivity contribution in [3.05, 3.63) is 64.2 Å². The molecule has 2 amide bonds. The summed E-state index contributed by atoms with van der Waals surface area (Å²) in [4.78, 5) is 47.8. The van der Waals surface area contributed by atoms with Crippen LogP contribution in [0, 0.1) is 16.0 Å². The number of para-hydroxylation sites is 1. The van der Waals surface area contributed by atoms with Crippen LogP contribution in [0.2, 0.25) is 0 Å². The molecule has 3 rings (SSSR count). The third-order valence-electron chi connectivity index (χ3n) is 4.68. The molecule has 1 aliphatic rings. The van der Waals surface area contributed by atoms with Crippen molar-refractivity contribution in [1.29, 1.82) is 0 Å². The van der Waals surface area contributed by atoms with Crippen LogP contribution >= 0.6 is 0 Å². The van der Waals surface area contributed by atoms with E-state index in [0.717, 1.165) is 12.1 Å². The monoisotopic (exact) mass is 451 g/mol. The molecule has 12 heteroatoms. The number of benzene rings is 2. The van der Waals surface area contributed by atoms with Gasteiger partial charge in [0, 0.05) is 30.8 Å². The number of amides is 2. The van der Waals surface area contributed by atoms with Crippen molar-refractivity contribution in [2.24, 2.45) is 5.92 Å². The number of rotatable bonds is 6. The number of ether oxygens (including phenoxy) is 1. The smallest absolute Gasteiger partial charge is 0.418 e. The molecule has 1 N–H and O–H groups in total. The minimum Gasteiger partial charge on any atom is -0.455 e. The molecule has 1 fully saturated rings. The van der Waals surface area contributed by atoms with Gasteiger partial charge in [0.2, 0.25) is 5.91 Å². The summed E-state index contributed by atoms with van der Waals surface area (Å²) in [5.41, 5.74) is -1.31. The average Bonchev–Trinajstić information content (AvgIpc) is 3.13. The maximum Gasteiger partial charge on any atom is 0.418 e. The zero-order valence-electron chi connectivity index (χ0n) is 16.3. The van der Waals surface area contributed by atoms with E-state index in [1.54, 1.807) is 0 Å². The lowest BCUT2D eigenvalue weighted by Gasteiger charge is -2.16. The van der Waals surface area contributed by atoms with Crippen molar-refractivity contribution in [1.82, 2.24) is 0 Å². The highest BCUT2D eigenvalue weighted by Crippen LogP contribution is 2.34. The lowest BCUT2D eigenvalue weighted by atomic mass is 10.1. The number of nitrogens with one attached hydrogen (secondary N) is 1. The Morgan fingerprint density at radius 1 is 1.16 bits per heavy atom. The zero-order chi connectivity index (χ0) is 23.5. The Kier molecular flexibility index (Phi) is 6.42. The zero-order valence-corrected chi connectivity index (χ0v) is 16.3. The summed E-state index contributed by atoms with van der Waals surface area (Å²) in [6.07, 6.45) is -4.87. The lowest BCUT2D eigenvalue weighted by molar-refractivity contribution is -0.384. The molecule has 2 aromatic carbocycles. The fraction of sp³-hybridized carbons (Fsp3) is 0.250. The first-order valence-electron chi connectivity index (χ1n) is 9.24. The molecule has 2 aromatic rings. The molecule has 0 bridgehead atoms. The molecular weight excluding hydrogens is 435 g/mol. The summed E-state index contributed by atoms with van der Waals surface area (Å²) in [6, 6.07) is 9.54. The normalized spacial score (nSPS) is 16.0. The molecule has 168 valence electrons. The second kappa shape index (κ2) is 9.04. The highest BCUT2D eigenvalue weighted by atomic mass is 19.4. The third-order valence-corrected chi connectivity index (χ3v) is 4.68. The summed E-state index contributed by atoms with van der Waals surface area (Å²) >= 11 is 0. The first-order valence-corrected chi connectivity index (χ1v) is 9.24. The highest BCUT2D eigenvalue weighted by Gasteiger charge is 2.37. The first-order chi connectivity index (χ1) is 15.1. The van der Waals surface area contributed by atoms with Gasteiger partial charge in [-0.05, 0) is 24.3 Å². The van der Waals surface area contributed by atoms with Crippen molar-refractivity contribution in [3.8, 4) is 0 Å². The van der Waals surface area contributed by atoms with Gasteiger partial charge in [0.05, 0.1) is 22.1 Å². The van der Waals surface area contributed by atoms with Crippen LogP contribution in [0.15, 0.2) is 48.5 Å². The summed E-state index contributed by atoms with van der Waals surface area (Å²) < 4.78 is 43.8. The summed E-state index contributed by atoms with van der Waals surface area (Å²) in [6.45, 7) is -0.888. The Morgan fingerprint density at radius 3 is 2.44 bits per heavy atom. The van der Waals surface area contributed by atoms with Gasteiger partial charge < -0.3 is 15.0 Å². The predicted octanol–water partition coefficient (Wildman–Crippen LogP) is 3.15. The second-order valence-electron chi connectivity index (χ2n) is 6.88. The van der Waals surface area contributed by atoms with Crippen LogP contribution in [-0.2, 0) is 25.3 Å². The van der Waals surface area contributed by atoms with E-state index in [4.69, 9.17) is 4.74 Å². The maximum atomic E-state index is 13.0. The summed E-state index contributed by atoms with van der Waals surface area (Å²) in [7, 11) is 0. The third kappa shape index (κ3) is 5.20. The standard InChI is InChI=1S/C20H16F3N3O6/c21-20(22,23)15-3-1-2-4-16(15)24-17(27)11-32-19(29)12-9-18(28)25(10-12)13-5-7-14(8-6-13)26(30)31/h1-8,12H,9-11H2,(H,24,27)/t12-/m0/s1. The van der Waals surface area contributed by atoms with Crippen molar-refractivity contribution < 1.29 is 37.2 Å². The maximum absolute atomic E-state index is 13.0. The van der Waals surface area contributed by atoms with E-state index in [1.807, 2.05) is 0 Å². The number of nitro benzene ring substituents is 1. The molecule has 1 heterocycles. The Morgan fingerprint density at radius 2 is 1.81 bits per heavy atom. The Hall–Kier alpha value is -3.96. The van der Waals surface area contributed by atoms with Crippen LogP contribution < -0.4 is 10.2 Å². The first kappa shape index (κ1) is 22.7. The van der Waals surface area contributed by atoms with Crippen LogP contribution in [-0.4, -0.2) is 35.9 Å². The number of nitro groups is 1.